The number of hydrogen-bond donors (Lipinski definition) is 1. The number of anilines is 1. The zero-order valence-electron chi connectivity index (χ0n) is 16.9. The first-order chi connectivity index (χ1) is 13.9. The number of amides is 1. The van der Waals surface area contributed by atoms with Crippen molar-refractivity contribution in [3.05, 3.63) is 71.8 Å². The Morgan fingerprint density at radius 2 is 1.90 bits per heavy atom. The van der Waals surface area contributed by atoms with Gasteiger partial charge in [-0.3, -0.25) is 4.79 Å². The summed E-state index contributed by atoms with van der Waals surface area (Å²) in [5.74, 6) is 0.0984. The number of hydrogen-bond acceptors (Lipinski definition) is 5. The van der Waals surface area contributed by atoms with E-state index in [1.807, 2.05) is 32.0 Å². The van der Waals surface area contributed by atoms with Crippen LogP contribution in [0, 0.1) is 13.8 Å². The second kappa shape index (κ2) is 10.7. The molecule has 0 atom stereocenters. The first-order valence-electron chi connectivity index (χ1n) is 9.06. The Hall–Kier alpha value is -3.54. The molecule has 2 rings (SSSR count). The molecule has 0 aliphatic rings. The molecule has 0 spiro atoms. The number of aryl methyl sites for hydroxylation is 2. The molecule has 0 aliphatic heterocycles. The van der Waals surface area contributed by atoms with Crippen LogP contribution in [0.2, 0.25) is 0 Å². The molecule has 0 aliphatic carbocycles. The highest BCUT2D eigenvalue weighted by atomic mass is 16.5. The van der Waals surface area contributed by atoms with Gasteiger partial charge >= 0.3 is 5.97 Å². The van der Waals surface area contributed by atoms with Gasteiger partial charge in [-0.2, -0.15) is 0 Å². The second-order valence-electron chi connectivity index (χ2n) is 6.32. The molecule has 1 amide bonds. The third kappa shape index (κ3) is 6.84. The van der Waals surface area contributed by atoms with E-state index in [0.29, 0.717) is 23.8 Å². The lowest BCUT2D eigenvalue weighted by Gasteiger charge is -2.10. The van der Waals surface area contributed by atoms with Crippen LogP contribution in [0.15, 0.2) is 55.1 Å². The number of nitrogens with one attached hydrogen (secondary N) is 1. The number of rotatable bonds is 9. The molecule has 0 fully saturated rings. The van der Waals surface area contributed by atoms with E-state index in [0.717, 1.165) is 16.7 Å². The molecule has 0 bridgehead atoms. The summed E-state index contributed by atoms with van der Waals surface area (Å²) in [5, 5.41) is 2.73. The highest BCUT2D eigenvalue weighted by Gasteiger charge is 2.08. The predicted octanol–water partition coefficient (Wildman–Crippen LogP) is 4.07. The lowest BCUT2D eigenvalue weighted by molar-refractivity contribution is -0.142. The quantitative estimate of drug-likeness (QED) is 0.394. The molecule has 0 saturated carbocycles. The van der Waals surface area contributed by atoms with E-state index in [4.69, 9.17) is 14.2 Å². The molecular formula is C23H25NO5. The normalized spacial score (nSPS) is 10.4. The lowest BCUT2D eigenvalue weighted by atomic mass is 10.1. The Kier molecular flexibility index (Phi) is 8.03. The minimum Gasteiger partial charge on any atom is -0.493 e. The summed E-state index contributed by atoms with van der Waals surface area (Å²) in [4.78, 5) is 23.9. The molecular weight excluding hydrogens is 370 g/mol. The fourth-order valence-corrected chi connectivity index (χ4v) is 2.54. The summed E-state index contributed by atoms with van der Waals surface area (Å²) in [6.07, 6.45) is 4.47. The zero-order chi connectivity index (χ0) is 21.2. The van der Waals surface area contributed by atoms with E-state index < -0.39 is 11.9 Å². The number of esters is 1. The van der Waals surface area contributed by atoms with Gasteiger partial charge in [-0.05, 0) is 49.2 Å². The van der Waals surface area contributed by atoms with Crippen molar-refractivity contribution in [1.29, 1.82) is 0 Å². The maximum Gasteiger partial charge on any atom is 0.331 e. The highest BCUT2D eigenvalue weighted by Crippen LogP contribution is 2.28. The van der Waals surface area contributed by atoms with Gasteiger partial charge in [-0.1, -0.05) is 36.4 Å². The Balaban J connectivity index is 1.88. The summed E-state index contributed by atoms with van der Waals surface area (Å²) < 4.78 is 15.8. The van der Waals surface area contributed by atoms with Gasteiger partial charge in [0.05, 0.1) is 7.11 Å². The van der Waals surface area contributed by atoms with Crippen LogP contribution in [0.25, 0.3) is 6.08 Å². The molecule has 0 saturated heterocycles. The van der Waals surface area contributed by atoms with Crippen LogP contribution in [-0.4, -0.2) is 32.2 Å². The Bertz CT molecular complexity index is 917. The maximum atomic E-state index is 12.0. The standard InChI is InChI=1S/C23H25NO5/c1-5-12-28-20-10-7-18(14-21(20)27-4)8-11-23(26)29-15-22(25)24-19-9-6-16(2)13-17(19)3/h5-11,13-14H,1,12,15H2,2-4H3,(H,24,25)/b11-8+. The molecule has 6 heteroatoms. The van der Waals surface area contributed by atoms with Gasteiger partial charge in [0.2, 0.25) is 0 Å². The number of benzene rings is 2. The summed E-state index contributed by atoms with van der Waals surface area (Å²) in [6.45, 7) is 7.48. The summed E-state index contributed by atoms with van der Waals surface area (Å²) in [6, 6.07) is 10.9. The average molecular weight is 395 g/mol. The SMILES string of the molecule is C=CCOc1ccc(/C=C/C(=O)OCC(=O)Nc2ccc(C)cc2C)cc1OC. The third-order valence-electron chi connectivity index (χ3n) is 3.96. The summed E-state index contributed by atoms with van der Waals surface area (Å²) >= 11 is 0. The Labute approximate surface area is 170 Å². The number of carbonyl (C=O) groups excluding carboxylic acids is 2. The predicted molar refractivity (Wildman–Crippen MR) is 113 cm³/mol. The van der Waals surface area contributed by atoms with Crippen LogP contribution < -0.4 is 14.8 Å². The monoisotopic (exact) mass is 395 g/mol. The Morgan fingerprint density at radius 1 is 1.10 bits per heavy atom. The van der Waals surface area contributed by atoms with Crippen molar-refractivity contribution in [2.45, 2.75) is 13.8 Å². The van der Waals surface area contributed by atoms with Gasteiger partial charge in [0.25, 0.3) is 5.91 Å². The second-order valence-corrected chi connectivity index (χ2v) is 6.32. The van der Waals surface area contributed by atoms with Crippen LogP contribution in [0.1, 0.15) is 16.7 Å². The van der Waals surface area contributed by atoms with E-state index in [1.165, 1.54) is 13.2 Å². The molecule has 0 aromatic heterocycles. The van der Waals surface area contributed by atoms with E-state index in [9.17, 15) is 9.59 Å². The molecule has 0 radical (unpaired) electrons. The van der Waals surface area contributed by atoms with E-state index in [1.54, 1.807) is 30.4 Å². The van der Waals surface area contributed by atoms with Gasteiger partial charge in [-0.15, -0.1) is 0 Å². The van der Waals surface area contributed by atoms with Gasteiger partial charge in [0, 0.05) is 11.8 Å². The number of methoxy groups -OCH3 is 1. The molecule has 6 nitrogen and oxygen atoms in total. The van der Waals surface area contributed by atoms with Gasteiger partial charge in [0.1, 0.15) is 6.61 Å². The molecule has 0 unspecified atom stereocenters. The third-order valence-corrected chi connectivity index (χ3v) is 3.96. The van der Waals surface area contributed by atoms with Crippen LogP contribution in [0.3, 0.4) is 0 Å². The molecule has 1 N–H and O–H groups in total. The summed E-state index contributed by atoms with van der Waals surface area (Å²) in [7, 11) is 1.53. The van der Waals surface area contributed by atoms with Gasteiger partial charge in [-0.25, -0.2) is 4.79 Å². The molecule has 29 heavy (non-hydrogen) atoms. The largest absolute Gasteiger partial charge is 0.493 e. The van der Waals surface area contributed by atoms with Crippen LogP contribution in [0.5, 0.6) is 11.5 Å². The van der Waals surface area contributed by atoms with Crippen molar-refractivity contribution in [3.63, 3.8) is 0 Å². The van der Waals surface area contributed by atoms with E-state index >= 15 is 0 Å². The number of ether oxygens (including phenoxy) is 3. The minimum atomic E-state index is -0.619. The summed E-state index contributed by atoms with van der Waals surface area (Å²) in [5.41, 5.74) is 3.47. The van der Waals surface area contributed by atoms with Gasteiger partial charge in [0.15, 0.2) is 18.1 Å². The topological polar surface area (TPSA) is 73.9 Å². The lowest BCUT2D eigenvalue weighted by Crippen LogP contribution is -2.20. The first kappa shape index (κ1) is 21.8. The zero-order valence-corrected chi connectivity index (χ0v) is 16.9. The van der Waals surface area contributed by atoms with Crippen LogP contribution in [0.4, 0.5) is 5.69 Å². The minimum absolute atomic E-state index is 0.363. The van der Waals surface area contributed by atoms with Crippen molar-refractivity contribution in [2.24, 2.45) is 0 Å². The van der Waals surface area contributed by atoms with E-state index in [2.05, 4.69) is 11.9 Å². The average Bonchev–Trinajstić information content (AvgIpc) is 2.71. The van der Waals surface area contributed by atoms with Crippen LogP contribution in [-0.2, 0) is 14.3 Å². The first-order valence-corrected chi connectivity index (χ1v) is 9.06. The maximum absolute atomic E-state index is 12.0. The van der Waals surface area contributed by atoms with Crippen molar-refractivity contribution < 1.29 is 23.8 Å². The van der Waals surface area contributed by atoms with Crippen molar-refractivity contribution in [2.75, 3.05) is 25.6 Å². The van der Waals surface area contributed by atoms with Gasteiger partial charge < -0.3 is 19.5 Å². The van der Waals surface area contributed by atoms with Crippen molar-refractivity contribution >= 4 is 23.6 Å². The highest BCUT2D eigenvalue weighted by molar-refractivity contribution is 5.95. The molecule has 152 valence electrons. The molecule has 0 heterocycles. The Morgan fingerprint density at radius 3 is 2.59 bits per heavy atom. The van der Waals surface area contributed by atoms with Crippen molar-refractivity contribution in [1.82, 2.24) is 0 Å². The van der Waals surface area contributed by atoms with Crippen LogP contribution >= 0.6 is 0 Å². The molecule has 2 aromatic carbocycles. The van der Waals surface area contributed by atoms with E-state index in [-0.39, 0.29) is 6.61 Å². The molecule has 2 aromatic rings. The number of carbonyl (C=O) groups is 2. The smallest absolute Gasteiger partial charge is 0.331 e. The van der Waals surface area contributed by atoms with Crippen molar-refractivity contribution in [3.8, 4) is 11.5 Å². The fraction of sp³-hybridized carbons (Fsp3) is 0.217. The fourth-order valence-electron chi connectivity index (χ4n) is 2.54.